The number of hydrogen-bond acceptors (Lipinski definition) is 5. The summed E-state index contributed by atoms with van der Waals surface area (Å²) in [5, 5.41) is 31.0. The third-order valence-electron chi connectivity index (χ3n) is 8.70. The number of carboxylic acids is 2. The van der Waals surface area contributed by atoms with Crippen LogP contribution >= 0.6 is 0 Å². The second-order valence-electron chi connectivity index (χ2n) is 12.7. The van der Waals surface area contributed by atoms with Crippen molar-refractivity contribution < 1.29 is 24.9 Å². The Labute approximate surface area is 246 Å². The minimum atomic E-state index is -0.988. The number of aliphatic hydroxyl groups excluding tert-OH is 1. The van der Waals surface area contributed by atoms with Crippen LogP contribution in [0.25, 0.3) is 0 Å². The second kappa shape index (κ2) is 16.4. The molecule has 2 aliphatic rings. The number of anilines is 2. The number of hydrogen-bond donors (Lipinski definition) is 5. The van der Waals surface area contributed by atoms with E-state index in [-0.39, 0.29) is 11.7 Å². The number of aromatic carboxylic acids is 2. The van der Waals surface area contributed by atoms with Crippen molar-refractivity contribution in [2.45, 2.75) is 92.2 Å². The normalized spacial score (nSPS) is 25.8. The van der Waals surface area contributed by atoms with E-state index in [9.17, 15) is 19.8 Å². The molecule has 2 aromatic carbocycles. The van der Waals surface area contributed by atoms with E-state index in [0.29, 0.717) is 46.9 Å². The van der Waals surface area contributed by atoms with E-state index in [4.69, 9.17) is 10.8 Å². The van der Waals surface area contributed by atoms with E-state index in [1.807, 2.05) is 12.1 Å². The summed E-state index contributed by atoms with van der Waals surface area (Å²) in [5.74, 6) is 2.05. The van der Waals surface area contributed by atoms with E-state index >= 15 is 0 Å². The lowest BCUT2D eigenvalue weighted by molar-refractivity contribution is 0.0265. The van der Waals surface area contributed by atoms with Crippen LogP contribution in [0.1, 0.15) is 101 Å². The first kappa shape index (κ1) is 34.1. The van der Waals surface area contributed by atoms with Crippen molar-refractivity contribution in [1.29, 1.82) is 0 Å². The molecule has 228 valence electrons. The molecule has 0 heterocycles. The van der Waals surface area contributed by atoms with Crippen molar-refractivity contribution >= 4 is 23.3 Å². The molecule has 41 heavy (non-hydrogen) atoms. The number of nitrogens with one attached hydrogen (secondary N) is 1. The van der Waals surface area contributed by atoms with E-state index < -0.39 is 11.9 Å². The van der Waals surface area contributed by atoms with Crippen molar-refractivity contribution in [3.05, 3.63) is 59.7 Å². The molecule has 7 nitrogen and oxygen atoms in total. The summed E-state index contributed by atoms with van der Waals surface area (Å²) in [6.45, 7) is 13.5. The third-order valence-corrected chi connectivity index (χ3v) is 8.70. The lowest BCUT2D eigenvalue weighted by Gasteiger charge is -2.38. The van der Waals surface area contributed by atoms with E-state index in [1.165, 1.54) is 31.7 Å². The molecule has 6 unspecified atom stereocenters. The van der Waals surface area contributed by atoms with Gasteiger partial charge in [0, 0.05) is 17.4 Å². The molecule has 6 atom stereocenters. The topological polar surface area (TPSA) is 133 Å². The number of carboxylic acid groups (broad SMARTS) is 2. The zero-order valence-electron chi connectivity index (χ0n) is 25.7. The Balaban J connectivity index is 0.000000236. The van der Waals surface area contributed by atoms with Crippen molar-refractivity contribution in [3.8, 4) is 0 Å². The van der Waals surface area contributed by atoms with Crippen molar-refractivity contribution in [2.24, 2.45) is 35.5 Å². The first-order valence-electron chi connectivity index (χ1n) is 15.2. The van der Waals surface area contributed by atoms with Crippen LogP contribution in [0.15, 0.2) is 48.5 Å². The summed E-state index contributed by atoms with van der Waals surface area (Å²) in [7, 11) is 0. The van der Waals surface area contributed by atoms with Gasteiger partial charge >= 0.3 is 11.9 Å². The molecule has 0 bridgehead atoms. The molecule has 0 aliphatic heterocycles. The number of benzene rings is 2. The summed E-state index contributed by atoms with van der Waals surface area (Å²) < 4.78 is 0. The highest BCUT2D eigenvalue weighted by molar-refractivity contribution is 5.94. The van der Waals surface area contributed by atoms with Crippen LogP contribution in [0.4, 0.5) is 11.4 Å². The van der Waals surface area contributed by atoms with E-state index in [1.54, 1.807) is 30.3 Å². The Hall–Kier alpha value is -3.06. The van der Waals surface area contributed by atoms with Gasteiger partial charge in [0.15, 0.2) is 0 Å². The number of carbonyl (C=O) groups is 2. The average Bonchev–Trinajstić information content (AvgIpc) is 2.89. The van der Waals surface area contributed by atoms with E-state index in [0.717, 1.165) is 24.4 Å². The number of nitrogen functional groups attached to an aromatic ring is 1. The standard InChI is InChI=1S/C17H25NO2.C10H20O.C7H7NO2/c1-11(2)13-9-8-12(3)10-16(13)18-15-7-5-4-6-14(15)17(19)20;1-7(2)9-5-4-8(3)6-10(9)11;8-6-4-2-1-3-5(6)7(9)10/h4-7,11-13,16,18H,8-10H2,1-3H3,(H,19,20);7-11H,4-6H2,1-3H3;1-4H,8H2,(H,9,10). The Bertz CT molecular complexity index is 1100. The maximum Gasteiger partial charge on any atom is 0.337 e. The predicted molar refractivity (Wildman–Crippen MR) is 167 cm³/mol. The lowest BCUT2D eigenvalue weighted by Crippen LogP contribution is -2.38. The summed E-state index contributed by atoms with van der Waals surface area (Å²) in [4.78, 5) is 21.6. The van der Waals surface area contributed by atoms with Gasteiger partial charge in [0.2, 0.25) is 0 Å². The highest BCUT2D eigenvalue weighted by Crippen LogP contribution is 2.36. The predicted octanol–water partition coefficient (Wildman–Crippen LogP) is 7.66. The monoisotopic (exact) mass is 568 g/mol. The Morgan fingerprint density at radius 3 is 1.73 bits per heavy atom. The molecule has 2 fully saturated rings. The van der Waals surface area contributed by atoms with Crippen molar-refractivity contribution in [3.63, 3.8) is 0 Å². The SMILES string of the molecule is CC1CCC(C(C)C)C(Nc2ccccc2C(=O)O)C1.CC1CCC(C(C)C)C(O)C1.Nc1ccccc1C(=O)O. The average molecular weight is 569 g/mol. The molecule has 0 radical (unpaired) electrons. The van der Waals surface area contributed by atoms with Crippen LogP contribution in [0.2, 0.25) is 0 Å². The maximum atomic E-state index is 11.3. The minimum Gasteiger partial charge on any atom is -0.478 e. The highest BCUT2D eigenvalue weighted by Gasteiger charge is 2.31. The molecule has 6 N–H and O–H groups in total. The van der Waals surface area contributed by atoms with Crippen LogP contribution in [0, 0.1) is 35.5 Å². The molecule has 0 amide bonds. The van der Waals surface area contributed by atoms with Gasteiger partial charge < -0.3 is 26.4 Å². The van der Waals surface area contributed by atoms with Gasteiger partial charge in [-0.25, -0.2) is 9.59 Å². The van der Waals surface area contributed by atoms with Gasteiger partial charge in [-0.05, 0) is 85.5 Å². The van der Waals surface area contributed by atoms with Gasteiger partial charge in [0.05, 0.1) is 17.2 Å². The largest absolute Gasteiger partial charge is 0.478 e. The number of aliphatic hydroxyl groups is 1. The van der Waals surface area contributed by atoms with Crippen LogP contribution in [-0.2, 0) is 0 Å². The highest BCUT2D eigenvalue weighted by atomic mass is 16.4. The molecule has 0 aromatic heterocycles. The fraction of sp³-hybridized carbons (Fsp3) is 0.588. The Morgan fingerprint density at radius 2 is 1.24 bits per heavy atom. The summed E-state index contributed by atoms with van der Waals surface area (Å²) >= 11 is 0. The maximum absolute atomic E-state index is 11.3. The molecular formula is C34H52N2O5. The zero-order chi connectivity index (χ0) is 30.7. The second-order valence-corrected chi connectivity index (χ2v) is 12.7. The van der Waals surface area contributed by atoms with Crippen molar-refractivity contribution in [2.75, 3.05) is 11.1 Å². The van der Waals surface area contributed by atoms with Crippen LogP contribution in [0.5, 0.6) is 0 Å². The smallest absolute Gasteiger partial charge is 0.337 e. The summed E-state index contributed by atoms with van der Waals surface area (Å²) in [6, 6.07) is 14.0. The van der Waals surface area contributed by atoms with Gasteiger partial charge in [-0.2, -0.15) is 0 Å². The van der Waals surface area contributed by atoms with Crippen LogP contribution in [0.3, 0.4) is 0 Å². The van der Waals surface area contributed by atoms with Gasteiger partial charge in [-0.15, -0.1) is 0 Å². The van der Waals surface area contributed by atoms with Gasteiger partial charge in [0.1, 0.15) is 0 Å². The fourth-order valence-corrected chi connectivity index (χ4v) is 6.21. The first-order valence-corrected chi connectivity index (χ1v) is 15.2. The van der Waals surface area contributed by atoms with E-state index in [2.05, 4.69) is 46.9 Å². The summed E-state index contributed by atoms with van der Waals surface area (Å²) in [6.07, 6.45) is 7.14. The molecule has 4 rings (SSSR count). The molecular weight excluding hydrogens is 516 g/mol. The molecule has 2 aromatic rings. The molecule has 2 aliphatic carbocycles. The molecule has 2 saturated carbocycles. The van der Waals surface area contributed by atoms with Gasteiger partial charge in [0.25, 0.3) is 0 Å². The number of rotatable bonds is 6. The van der Waals surface area contributed by atoms with Gasteiger partial charge in [-0.3, -0.25) is 0 Å². The number of para-hydroxylation sites is 2. The van der Waals surface area contributed by atoms with Gasteiger partial charge in [-0.1, -0.05) is 78.6 Å². The quantitative estimate of drug-likeness (QED) is 0.226. The minimum absolute atomic E-state index is 0.0289. The zero-order valence-corrected chi connectivity index (χ0v) is 25.7. The summed E-state index contributed by atoms with van der Waals surface area (Å²) in [5.41, 5.74) is 6.92. The first-order chi connectivity index (χ1) is 19.3. The van der Waals surface area contributed by atoms with Crippen LogP contribution < -0.4 is 11.1 Å². The van der Waals surface area contributed by atoms with Crippen LogP contribution in [-0.4, -0.2) is 39.4 Å². The molecule has 0 saturated heterocycles. The molecule has 0 spiro atoms. The fourth-order valence-electron chi connectivity index (χ4n) is 6.21. The lowest BCUT2D eigenvalue weighted by atomic mass is 9.74. The molecule has 7 heteroatoms. The Morgan fingerprint density at radius 1 is 0.756 bits per heavy atom. The third kappa shape index (κ3) is 10.7. The Kier molecular flexibility index (Phi) is 13.7. The number of nitrogens with two attached hydrogens (primary N) is 1. The van der Waals surface area contributed by atoms with Crippen molar-refractivity contribution in [1.82, 2.24) is 0 Å².